The van der Waals surface area contributed by atoms with Crippen LogP contribution in [0.3, 0.4) is 0 Å². The van der Waals surface area contributed by atoms with Crippen molar-refractivity contribution in [1.82, 2.24) is 59.9 Å². The van der Waals surface area contributed by atoms with Crippen molar-refractivity contribution in [3.63, 3.8) is 0 Å². The van der Waals surface area contributed by atoms with Crippen molar-refractivity contribution in [3.8, 4) is 39.9 Å². The van der Waals surface area contributed by atoms with E-state index in [1.54, 1.807) is 51.9 Å². The van der Waals surface area contributed by atoms with Crippen molar-refractivity contribution < 1.29 is 28.4 Å². The van der Waals surface area contributed by atoms with E-state index in [0.29, 0.717) is 95.1 Å². The fourth-order valence-corrected chi connectivity index (χ4v) is 9.39. The summed E-state index contributed by atoms with van der Waals surface area (Å²) in [6.07, 6.45) is 10.3. The number of aliphatic hydroxyl groups is 1. The lowest BCUT2D eigenvalue weighted by molar-refractivity contribution is 0.122. The molecule has 2 aliphatic heterocycles. The zero-order chi connectivity index (χ0) is 50.1. The highest BCUT2D eigenvalue weighted by molar-refractivity contribution is 5.98. The molecule has 372 valence electrons. The van der Waals surface area contributed by atoms with E-state index in [1.807, 2.05) is 78.1 Å². The lowest BCUT2D eigenvalue weighted by Gasteiger charge is -2.31. The van der Waals surface area contributed by atoms with Crippen LogP contribution in [-0.2, 0) is 18.3 Å². The van der Waals surface area contributed by atoms with Gasteiger partial charge in [0.05, 0.1) is 70.8 Å². The normalized spacial score (nSPS) is 19.0. The largest absolute Gasteiger partial charge is 0.478 e. The third-order valence-electron chi connectivity index (χ3n) is 12.7. The number of aromatic amines is 1. The number of fused-ring (bicyclic) bond motifs is 7. The zero-order valence-corrected chi connectivity index (χ0v) is 41.7. The number of rotatable bonds is 9. The van der Waals surface area contributed by atoms with Gasteiger partial charge in [0.2, 0.25) is 23.5 Å². The molecule has 0 radical (unpaired) electrons. The van der Waals surface area contributed by atoms with E-state index in [9.17, 15) is 5.11 Å². The van der Waals surface area contributed by atoms with Crippen molar-refractivity contribution in [2.45, 2.75) is 73.3 Å². The number of pyridine rings is 1. The molecule has 2 atom stereocenters. The average molecular weight is 968 g/mol. The fourth-order valence-electron chi connectivity index (χ4n) is 9.39. The predicted molar refractivity (Wildman–Crippen MR) is 273 cm³/mol. The van der Waals surface area contributed by atoms with Crippen LogP contribution in [0.15, 0.2) is 66.1 Å². The second-order valence-corrected chi connectivity index (χ2v) is 18.3. The molecule has 7 aromatic rings. The smallest absolute Gasteiger partial charge is 0.243 e. The van der Waals surface area contributed by atoms with Crippen LogP contribution < -0.4 is 19.5 Å². The van der Waals surface area contributed by atoms with Crippen LogP contribution in [0.2, 0.25) is 0 Å². The summed E-state index contributed by atoms with van der Waals surface area (Å²) in [6.45, 7) is 16.6. The highest BCUT2D eigenvalue weighted by atomic mass is 19.1. The highest BCUT2D eigenvalue weighted by Crippen LogP contribution is 2.40. The number of nitrogens with one attached hydrogen (secondary N) is 3. The number of H-pyrrole nitrogens is 1. The van der Waals surface area contributed by atoms with Gasteiger partial charge in [0.1, 0.15) is 18.0 Å². The SMILES string of the molecule is CCOC(=N)C1=C(\NCCO)CN(C(C)C)CC(C)Oc2c(c(C)nn2C)-c2cc3c(nn(-n4ncc5c4O[C@@H](C)CN(C)Cc4ccnc(OCC)c4/C=C/c4n[nH]c6ccc-5cc46)c3cc2F)\C=C\1. The second-order valence-electron chi connectivity index (χ2n) is 18.3. The van der Waals surface area contributed by atoms with Gasteiger partial charge in [-0.2, -0.15) is 15.3 Å². The first-order valence-electron chi connectivity index (χ1n) is 24.1. The van der Waals surface area contributed by atoms with E-state index >= 15 is 4.39 Å². The van der Waals surface area contributed by atoms with Gasteiger partial charge in [0.25, 0.3) is 0 Å². The van der Waals surface area contributed by atoms with E-state index in [4.69, 9.17) is 39.7 Å². The molecule has 0 spiro atoms. The number of ether oxygens (including phenoxy) is 4. The van der Waals surface area contributed by atoms with E-state index in [2.05, 4.69) is 44.1 Å². The van der Waals surface area contributed by atoms with Gasteiger partial charge in [-0.05, 0) is 115 Å². The number of aliphatic hydroxyl groups excluding tert-OH is 1. The summed E-state index contributed by atoms with van der Waals surface area (Å²) < 4.78 is 44.5. The predicted octanol–water partition coefficient (Wildman–Crippen LogP) is 7.47. The first-order valence-corrected chi connectivity index (χ1v) is 24.1. The molecular formula is C52H62FN13O5. The molecule has 9 rings (SSSR count). The van der Waals surface area contributed by atoms with Gasteiger partial charge in [0.15, 0.2) is 0 Å². The van der Waals surface area contributed by atoms with Crippen LogP contribution in [0.4, 0.5) is 4.39 Å². The van der Waals surface area contributed by atoms with Crippen molar-refractivity contribution in [1.29, 1.82) is 5.41 Å². The quantitative estimate of drug-likeness (QED) is 0.0823. The van der Waals surface area contributed by atoms with E-state index in [1.165, 1.54) is 6.07 Å². The molecule has 0 fully saturated rings. The lowest BCUT2D eigenvalue weighted by Crippen LogP contribution is -2.42. The molecule has 1 unspecified atom stereocenters. The summed E-state index contributed by atoms with van der Waals surface area (Å²) in [4.78, 5) is 12.1. The van der Waals surface area contributed by atoms with Crippen LogP contribution in [0.5, 0.6) is 17.6 Å². The van der Waals surface area contributed by atoms with Crippen molar-refractivity contribution in [2.24, 2.45) is 7.05 Å². The van der Waals surface area contributed by atoms with Crippen LogP contribution in [0.1, 0.15) is 69.8 Å². The molecule has 0 aliphatic carbocycles. The molecule has 0 saturated heterocycles. The number of benzene rings is 2. The maximum Gasteiger partial charge on any atom is 0.243 e. The molecule has 0 saturated carbocycles. The standard InChI is InChI=1S/C52H62FN13O5/c1-10-68-49(54)37-14-17-45-40-23-38(48-33(7)60-63(9)52(48)71-32(6)27-64(30(3)4)29-46(37)55-20-21-67)42(53)24-47(40)65(61-45)66-51-41(25-57-66)34-12-15-43-39(22-34)44(59-58-43)16-13-36-35(18-19-56-50(36)69-11-2)28-62(8)26-31(5)70-51/h12-19,22-25,30-32,54-55,67H,10-11,20-21,26-29H2,1-9H3,(H,58,59)/b16-13+,17-14+,46-37-,54-49?/t31-,32?/m0/s1. The molecule has 4 bridgehead atoms. The third kappa shape index (κ3) is 9.76. The molecule has 19 heteroatoms. The number of likely N-dealkylation sites (N-methyl/N-ethyl adjacent to an activating group) is 1. The molecule has 18 nitrogen and oxygen atoms in total. The van der Waals surface area contributed by atoms with Gasteiger partial charge in [-0.1, -0.05) is 6.07 Å². The first-order chi connectivity index (χ1) is 34.3. The fraction of sp³-hybridized carbons (Fsp3) is 0.385. The molecule has 0 amide bonds. The summed E-state index contributed by atoms with van der Waals surface area (Å²) in [5, 5.41) is 46.7. The Labute approximate surface area is 411 Å². The molecule has 2 aromatic carbocycles. The minimum atomic E-state index is -0.519. The molecular weight excluding hydrogens is 906 g/mol. The van der Waals surface area contributed by atoms with E-state index < -0.39 is 5.82 Å². The Balaban J connectivity index is 1.26. The summed E-state index contributed by atoms with van der Waals surface area (Å²) in [5.41, 5.74) is 8.33. The van der Waals surface area contributed by atoms with Crippen molar-refractivity contribution in [3.05, 3.63) is 100 Å². The van der Waals surface area contributed by atoms with Gasteiger partial charge in [0, 0.05) is 85.7 Å². The van der Waals surface area contributed by atoms with Gasteiger partial charge in [-0.15, -0.1) is 14.7 Å². The van der Waals surface area contributed by atoms with Crippen LogP contribution in [0.25, 0.3) is 62.3 Å². The van der Waals surface area contributed by atoms with Crippen LogP contribution in [-0.4, -0.2) is 137 Å². The average Bonchev–Trinajstić information content (AvgIpc) is 4.09. The Hall–Kier alpha value is -7.35. The molecule has 4 N–H and O–H groups in total. The molecule has 71 heavy (non-hydrogen) atoms. The zero-order valence-electron chi connectivity index (χ0n) is 41.7. The van der Waals surface area contributed by atoms with Gasteiger partial charge < -0.3 is 29.4 Å². The van der Waals surface area contributed by atoms with Gasteiger partial charge in [-0.25, -0.2) is 14.1 Å². The second kappa shape index (κ2) is 20.5. The van der Waals surface area contributed by atoms with E-state index in [-0.39, 0.29) is 49.5 Å². The topological polar surface area (TPSA) is 195 Å². The Morgan fingerprint density at radius 1 is 0.930 bits per heavy atom. The third-order valence-corrected chi connectivity index (χ3v) is 12.7. The number of aromatic nitrogens is 9. The maximum absolute atomic E-state index is 17.2. The number of halogens is 1. The van der Waals surface area contributed by atoms with E-state index in [0.717, 1.165) is 33.3 Å². The van der Waals surface area contributed by atoms with Crippen molar-refractivity contribution in [2.75, 3.05) is 53.0 Å². The number of hydrogen-bond acceptors (Lipinski definition) is 14. The number of nitrogens with zero attached hydrogens (tertiary/aromatic N) is 10. The minimum Gasteiger partial charge on any atom is -0.478 e. The highest BCUT2D eigenvalue weighted by Gasteiger charge is 2.29. The van der Waals surface area contributed by atoms with Crippen molar-refractivity contribution >= 4 is 45.9 Å². The Morgan fingerprint density at radius 2 is 1.72 bits per heavy atom. The van der Waals surface area contributed by atoms with Gasteiger partial charge >= 0.3 is 0 Å². The summed E-state index contributed by atoms with van der Waals surface area (Å²) >= 11 is 0. The molecule has 7 heterocycles. The Morgan fingerprint density at radius 3 is 2.49 bits per heavy atom. The molecule has 2 aliphatic rings. The lowest BCUT2D eigenvalue weighted by atomic mass is 10.0. The summed E-state index contributed by atoms with van der Waals surface area (Å²) in [7, 11) is 3.83. The maximum atomic E-state index is 17.2. The molecule has 5 aromatic heterocycles. The van der Waals surface area contributed by atoms with Crippen LogP contribution >= 0.6 is 0 Å². The number of aryl methyl sites for hydroxylation is 2. The monoisotopic (exact) mass is 967 g/mol. The summed E-state index contributed by atoms with van der Waals surface area (Å²) in [5.74, 6) is 0.774. The number of hydrogen-bond donors (Lipinski definition) is 4. The van der Waals surface area contributed by atoms with Gasteiger partial charge in [-0.3, -0.25) is 20.3 Å². The minimum absolute atomic E-state index is 0.0492. The van der Waals surface area contributed by atoms with Crippen LogP contribution in [0, 0.1) is 18.2 Å². The first kappa shape index (κ1) is 48.7. The Kier molecular flexibility index (Phi) is 14.1. The Bertz CT molecular complexity index is 3200. The summed E-state index contributed by atoms with van der Waals surface area (Å²) in [6, 6.07) is 11.3.